The average Bonchev–Trinajstić information content (AvgIpc) is 2.85. The van der Waals surface area contributed by atoms with E-state index < -0.39 is 0 Å². The largest absolute Gasteiger partial charge is 0.484 e. The van der Waals surface area contributed by atoms with Gasteiger partial charge in [0.1, 0.15) is 18.7 Å². The predicted octanol–water partition coefficient (Wildman–Crippen LogP) is 2.94. The van der Waals surface area contributed by atoms with Gasteiger partial charge in [0.15, 0.2) is 5.82 Å². The minimum absolute atomic E-state index is 0.0470. The number of nitrogens with two attached hydrogens (primary N) is 1. The fourth-order valence-corrected chi connectivity index (χ4v) is 2.10. The van der Waals surface area contributed by atoms with Gasteiger partial charge in [0.2, 0.25) is 0 Å². The van der Waals surface area contributed by atoms with Gasteiger partial charge in [-0.2, -0.15) is 5.10 Å². The van der Waals surface area contributed by atoms with Crippen molar-refractivity contribution in [3.05, 3.63) is 40.9 Å². The van der Waals surface area contributed by atoms with Crippen molar-refractivity contribution in [2.75, 3.05) is 0 Å². The fourth-order valence-electron chi connectivity index (χ4n) is 1.86. The molecule has 2 N–H and O–H groups in total. The number of benzene rings is 1. The molecule has 1 aromatic heterocycles. The van der Waals surface area contributed by atoms with Crippen molar-refractivity contribution in [1.82, 2.24) is 14.8 Å². The van der Waals surface area contributed by atoms with Gasteiger partial charge in [0.05, 0.1) is 5.02 Å². The summed E-state index contributed by atoms with van der Waals surface area (Å²) in [6.07, 6.45) is 2.54. The quantitative estimate of drug-likeness (QED) is 0.889. The SMILES string of the molecule is CCCn1ncnc1COc1ccc([C@@H](C)N)cc1Cl. The highest BCUT2D eigenvalue weighted by Crippen LogP contribution is 2.27. The van der Waals surface area contributed by atoms with Crippen molar-refractivity contribution < 1.29 is 4.74 Å². The zero-order valence-corrected chi connectivity index (χ0v) is 12.5. The van der Waals surface area contributed by atoms with Crippen LogP contribution in [0.3, 0.4) is 0 Å². The summed E-state index contributed by atoms with van der Waals surface area (Å²) in [6, 6.07) is 5.54. The lowest BCUT2D eigenvalue weighted by molar-refractivity contribution is 0.286. The lowest BCUT2D eigenvalue weighted by atomic mass is 10.1. The van der Waals surface area contributed by atoms with Crippen molar-refractivity contribution in [2.45, 2.75) is 39.5 Å². The highest BCUT2D eigenvalue weighted by molar-refractivity contribution is 6.32. The van der Waals surface area contributed by atoms with E-state index in [0.717, 1.165) is 24.4 Å². The molecule has 0 fully saturated rings. The molecule has 108 valence electrons. The van der Waals surface area contributed by atoms with Crippen molar-refractivity contribution >= 4 is 11.6 Å². The standard InChI is InChI=1S/C14H19ClN4O/c1-3-6-19-14(17-9-18-19)8-20-13-5-4-11(10(2)16)7-12(13)15/h4-5,7,9-10H,3,6,8,16H2,1-2H3/t10-/m1/s1. The summed E-state index contributed by atoms with van der Waals surface area (Å²) >= 11 is 6.19. The van der Waals surface area contributed by atoms with Crippen LogP contribution in [0.15, 0.2) is 24.5 Å². The highest BCUT2D eigenvalue weighted by Gasteiger charge is 2.08. The van der Waals surface area contributed by atoms with Crippen LogP contribution in [0.2, 0.25) is 5.02 Å². The van der Waals surface area contributed by atoms with Gasteiger partial charge in [-0.15, -0.1) is 0 Å². The number of aromatic nitrogens is 3. The molecule has 1 aromatic carbocycles. The molecule has 2 rings (SSSR count). The second kappa shape index (κ2) is 6.72. The first kappa shape index (κ1) is 14.8. The van der Waals surface area contributed by atoms with Gasteiger partial charge in [0, 0.05) is 12.6 Å². The third-order valence-electron chi connectivity index (χ3n) is 2.97. The van der Waals surface area contributed by atoms with Crippen molar-refractivity contribution in [3.8, 4) is 5.75 Å². The van der Waals surface area contributed by atoms with E-state index >= 15 is 0 Å². The maximum absolute atomic E-state index is 6.19. The van der Waals surface area contributed by atoms with E-state index in [2.05, 4.69) is 17.0 Å². The smallest absolute Gasteiger partial charge is 0.164 e. The van der Waals surface area contributed by atoms with E-state index in [1.54, 1.807) is 0 Å². The first-order valence-electron chi connectivity index (χ1n) is 6.66. The van der Waals surface area contributed by atoms with E-state index in [-0.39, 0.29) is 6.04 Å². The van der Waals surface area contributed by atoms with Gasteiger partial charge in [-0.1, -0.05) is 24.6 Å². The summed E-state index contributed by atoms with van der Waals surface area (Å²) < 4.78 is 7.54. The van der Waals surface area contributed by atoms with Crippen LogP contribution in [0, 0.1) is 0 Å². The monoisotopic (exact) mass is 294 g/mol. The minimum Gasteiger partial charge on any atom is -0.484 e. The molecule has 20 heavy (non-hydrogen) atoms. The molecule has 5 nitrogen and oxygen atoms in total. The Morgan fingerprint density at radius 2 is 2.25 bits per heavy atom. The Kier molecular flexibility index (Phi) is 4.98. The van der Waals surface area contributed by atoms with Gasteiger partial charge in [-0.3, -0.25) is 0 Å². The lowest BCUT2D eigenvalue weighted by Gasteiger charge is -2.11. The second-order valence-corrected chi connectivity index (χ2v) is 5.07. The number of hydrogen-bond acceptors (Lipinski definition) is 4. The third-order valence-corrected chi connectivity index (χ3v) is 3.26. The normalized spacial score (nSPS) is 12.4. The molecular weight excluding hydrogens is 276 g/mol. The van der Waals surface area contributed by atoms with Gasteiger partial charge >= 0.3 is 0 Å². The number of hydrogen-bond donors (Lipinski definition) is 1. The summed E-state index contributed by atoms with van der Waals surface area (Å²) in [5.41, 5.74) is 6.80. The number of ether oxygens (including phenoxy) is 1. The molecule has 1 heterocycles. The summed E-state index contributed by atoms with van der Waals surface area (Å²) in [5.74, 6) is 1.42. The molecule has 0 spiro atoms. The van der Waals surface area contributed by atoms with Crippen molar-refractivity contribution in [1.29, 1.82) is 0 Å². The average molecular weight is 295 g/mol. The number of halogens is 1. The molecule has 0 saturated heterocycles. The molecule has 1 atom stereocenters. The topological polar surface area (TPSA) is 66.0 Å². The van der Waals surface area contributed by atoms with Crippen LogP contribution in [0.4, 0.5) is 0 Å². The number of nitrogens with zero attached hydrogens (tertiary/aromatic N) is 3. The van der Waals surface area contributed by atoms with Gasteiger partial charge in [-0.25, -0.2) is 9.67 Å². The van der Waals surface area contributed by atoms with Crippen LogP contribution in [-0.2, 0) is 13.2 Å². The first-order valence-corrected chi connectivity index (χ1v) is 7.04. The van der Waals surface area contributed by atoms with Gasteiger partial charge in [0.25, 0.3) is 0 Å². The summed E-state index contributed by atoms with van der Waals surface area (Å²) in [4.78, 5) is 4.19. The Balaban J connectivity index is 2.05. The van der Waals surface area contributed by atoms with E-state index in [9.17, 15) is 0 Å². The molecule has 0 aliphatic rings. The molecule has 2 aromatic rings. The second-order valence-electron chi connectivity index (χ2n) is 4.67. The third kappa shape index (κ3) is 3.49. The zero-order valence-electron chi connectivity index (χ0n) is 11.7. The van der Waals surface area contributed by atoms with Crippen molar-refractivity contribution in [3.63, 3.8) is 0 Å². The predicted molar refractivity (Wildman–Crippen MR) is 78.7 cm³/mol. The van der Waals surface area contributed by atoms with Crippen LogP contribution in [-0.4, -0.2) is 14.8 Å². The summed E-state index contributed by atoms with van der Waals surface area (Å²) in [7, 11) is 0. The minimum atomic E-state index is -0.0470. The molecule has 0 amide bonds. The first-order chi connectivity index (χ1) is 9.61. The van der Waals surface area contributed by atoms with Crippen LogP contribution >= 0.6 is 11.6 Å². The molecule has 0 saturated carbocycles. The molecule has 0 unspecified atom stereocenters. The van der Waals surface area contributed by atoms with E-state index in [1.807, 2.05) is 29.8 Å². The molecule has 0 bridgehead atoms. The summed E-state index contributed by atoms with van der Waals surface area (Å²) in [6.45, 7) is 5.18. The van der Waals surface area contributed by atoms with Crippen LogP contribution in [0.5, 0.6) is 5.75 Å². The zero-order chi connectivity index (χ0) is 14.5. The highest BCUT2D eigenvalue weighted by atomic mass is 35.5. The lowest BCUT2D eigenvalue weighted by Crippen LogP contribution is -2.09. The maximum Gasteiger partial charge on any atom is 0.164 e. The molecule has 0 aliphatic carbocycles. The molecular formula is C14H19ClN4O. The Morgan fingerprint density at radius 1 is 1.45 bits per heavy atom. The molecule has 0 radical (unpaired) electrons. The number of aryl methyl sites for hydroxylation is 1. The van der Waals surface area contributed by atoms with Crippen LogP contribution in [0.25, 0.3) is 0 Å². The van der Waals surface area contributed by atoms with E-state index in [4.69, 9.17) is 22.1 Å². The van der Waals surface area contributed by atoms with Crippen molar-refractivity contribution in [2.24, 2.45) is 5.73 Å². The Labute approximate surface area is 123 Å². The van der Waals surface area contributed by atoms with Gasteiger partial charge in [-0.05, 0) is 31.0 Å². The van der Waals surface area contributed by atoms with Crippen LogP contribution < -0.4 is 10.5 Å². The Morgan fingerprint density at radius 3 is 2.90 bits per heavy atom. The number of rotatable bonds is 6. The fraction of sp³-hybridized carbons (Fsp3) is 0.429. The van der Waals surface area contributed by atoms with E-state index in [0.29, 0.717) is 17.4 Å². The van der Waals surface area contributed by atoms with Gasteiger partial charge < -0.3 is 10.5 Å². The summed E-state index contributed by atoms with van der Waals surface area (Å²) in [5, 5.41) is 4.71. The van der Waals surface area contributed by atoms with E-state index in [1.165, 1.54) is 6.33 Å². The van der Waals surface area contributed by atoms with Crippen LogP contribution in [0.1, 0.15) is 37.7 Å². The Bertz CT molecular complexity index is 568. The molecule has 6 heteroatoms. The maximum atomic E-state index is 6.19. The Hall–Kier alpha value is -1.59. The molecule has 0 aliphatic heterocycles.